The molecule has 1 aliphatic rings. The van der Waals surface area contributed by atoms with Crippen molar-refractivity contribution in [2.45, 2.75) is 38.4 Å². The number of sulfonamides is 1. The van der Waals surface area contributed by atoms with Gasteiger partial charge in [0.2, 0.25) is 15.9 Å². The molecule has 2 N–H and O–H groups in total. The van der Waals surface area contributed by atoms with Crippen LogP contribution in [0.2, 0.25) is 0 Å². The SMILES string of the molecule is CC1CCN(c2nc(C(F)(F)F)ccc2CNC(=O)C(c2ccc(NS(C)(=O)=O)c(F)c2)c2cccs2)CC1. The molecule has 1 amide bonds. The summed E-state index contributed by atoms with van der Waals surface area (Å²) in [5, 5.41) is 4.56. The summed E-state index contributed by atoms with van der Waals surface area (Å²) in [6.45, 7) is 3.13. The van der Waals surface area contributed by atoms with Crippen LogP contribution in [0.5, 0.6) is 0 Å². The summed E-state index contributed by atoms with van der Waals surface area (Å²) in [7, 11) is -3.71. The van der Waals surface area contributed by atoms with Crippen LogP contribution in [-0.4, -0.2) is 38.7 Å². The zero-order chi connectivity index (χ0) is 28.4. The monoisotopic (exact) mass is 584 g/mol. The normalized spacial score (nSPS) is 15.7. The Hall–Kier alpha value is -3.19. The highest BCUT2D eigenvalue weighted by atomic mass is 32.2. The van der Waals surface area contributed by atoms with E-state index in [4.69, 9.17) is 0 Å². The van der Waals surface area contributed by atoms with Crippen molar-refractivity contribution < 1.29 is 30.8 Å². The molecule has 1 aromatic carbocycles. The second-order valence-electron chi connectivity index (χ2n) is 9.63. The Morgan fingerprint density at radius 3 is 2.49 bits per heavy atom. The molecule has 210 valence electrons. The lowest BCUT2D eigenvalue weighted by Crippen LogP contribution is -2.36. The first-order valence-electron chi connectivity index (χ1n) is 12.2. The van der Waals surface area contributed by atoms with Gasteiger partial charge in [0.1, 0.15) is 17.3 Å². The van der Waals surface area contributed by atoms with Gasteiger partial charge in [0.05, 0.1) is 17.9 Å². The Morgan fingerprint density at radius 1 is 1.18 bits per heavy atom. The van der Waals surface area contributed by atoms with Gasteiger partial charge in [-0.15, -0.1) is 11.3 Å². The predicted octanol–water partition coefficient (Wildman–Crippen LogP) is 5.36. The van der Waals surface area contributed by atoms with Crippen molar-refractivity contribution in [3.63, 3.8) is 0 Å². The standard InChI is InChI=1S/C26H28F4N4O3S2/c1-16-9-11-34(12-10-16)24-18(6-8-22(32-24)26(28,29)30)15-31-25(35)23(21-4-3-13-38-21)17-5-7-20(19(27)14-17)33-39(2,36)37/h3-8,13-14,16,23,33H,9-12,15H2,1-2H3,(H,31,35). The minimum Gasteiger partial charge on any atom is -0.356 e. The Labute approximate surface area is 228 Å². The van der Waals surface area contributed by atoms with Gasteiger partial charge in [0, 0.05) is 30.1 Å². The van der Waals surface area contributed by atoms with E-state index in [0.717, 1.165) is 31.2 Å². The average Bonchev–Trinajstić information content (AvgIpc) is 3.38. The lowest BCUT2D eigenvalue weighted by atomic mass is 9.95. The van der Waals surface area contributed by atoms with Crippen LogP contribution < -0.4 is 14.9 Å². The highest BCUT2D eigenvalue weighted by Gasteiger charge is 2.34. The van der Waals surface area contributed by atoms with E-state index in [0.29, 0.717) is 35.0 Å². The fourth-order valence-electron chi connectivity index (χ4n) is 4.45. The van der Waals surface area contributed by atoms with Crippen molar-refractivity contribution in [2.24, 2.45) is 5.92 Å². The molecule has 13 heteroatoms. The summed E-state index contributed by atoms with van der Waals surface area (Å²) in [4.78, 5) is 19.8. The fraction of sp³-hybridized carbons (Fsp3) is 0.385. The quantitative estimate of drug-likeness (QED) is 0.348. The van der Waals surface area contributed by atoms with Gasteiger partial charge < -0.3 is 10.2 Å². The molecule has 0 radical (unpaired) electrons. The second-order valence-corrected chi connectivity index (χ2v) is 12.4. The van der Waals surface area contributed by atoms with Crippen molar-refractivity contribution in [3.05, 3.63) is 75.4 Å². The molecular weight excluding hydrogens is 556 g/mol. The summed E-state index contributed by atoms with van der Waals surface area (Å²) in [5.41, 5.74) is -0.513. The minimum atomic E-state index is -4.61. The van der Waals surface area contributed by atoms with Crippen LogP contribution in [0.4, 0.5) is 29.1 Å². The molecule has 2 aromatic heterocycles. The van der Waals surface area contributed by atoms with E-state index in [1.807, 2.05) is 4.90 Å². The third kappa shape index (κ3) is 7.27. The molecule has 39 heavy (non-hydrogen) atoms. The summed E-state index contributed by atoms with van der Waals surface area (Å²) >= 11 is 1.29. The number of pyridine rings is 1. The number of hydrogen-bond acceptors (Lipinski definition) is 6. The maximum atomic E-state index is 14.8. The van der Waals surface area contributed by atoms with Crippen molar-refractivity contribution in [1.82, 2.24) is 10.3 Å². The zero-order valence-electron chi connectivity index (χ0n) is 21.3. The van der Waals surface area contributed by atoms with E-state index in [1.165, 1.54) is 29.5 Å². The highest BCUT2D eigenvalue weighted by molar-refractivity contribution is 7.92. The van der Waals surface area contributed by atoms with Gasteiger partial charge in [-0.05, 0) is 54.0 Å². The Morgan fingerprint density at radius 2 is 1.90 bits per heavy atom. The molecule has 1 unspecified atom stereocenters. The Bertz CT molecular complexity index is 1420. The maximum absolute atomic E-state index is 14.8. The summed E-state index contributed by atoms with van der Waals surface area (Å²) in [5.74, 6) is -1.61. The number of aromatic nitrogens is 1. The molecule has 1 atom stereocenters. The number of benzene rings is 1. The molecule has 3 aromatic rings. The first-order chi connectivity index (χ1) is 18.3. The summed E-state index contributed by atoms with van der Waals surface area (Å²) < 4.78 is 80.1. The second kappa shape index (κ2) is 11.5. The number of thiophene rings is 1. The number of nitrogens with one attached hydrogen (secondary N) is 2. The smallest absolute Gasteiger partial charge is 0.356 e. The van der Waals surface area contributed by atoms with Gasteiger partial charge in [-0.2, -0.15) is 13.2 Å². The molecule has 0 spiro atoms. The molecule has 0 bridgehead atoms. The number of hydrogen-bond donors (Lipinski definition) is 2. The number of carbonyl (C=O) groups is 1. The molecule has 1 aliphatic heterocycles. The van der Waals surface area contributed by atoms with E-state index in [-0.39, 0.29) is 18.1 Å². The van der Waals surface area contributed by atoms with Crippen LogP contribution in [0.25, 0.3) is 0 Å². The van der Waals surface area contributed by atoms with Crippen molar-refractivity contribution in [3.8, 4) is 0 Å². The van der Waals surface area contributed by atoms with Gasteiger partial charge >= 0.3 is 6.18 Å². The van der Waals surface area contributed by atoms with Crippen LogP contribution in [0, 0.1) is 11.7 Å². The lowest BCUT2D eigenvalue weighted by molar-refractivity contribution is -0.141. The molecular formula is C26H28F4N4O3S2. The lowest BCUT2D eigenvalue weighted by Gasteiger charge is -2.33. The molecule has 1 saturated heterocycles. The Kier molecular flexibility index (Phi) is 8.50. The maximum Gasteiger partial charge on any atom is 0.433 e. The van der Waals surface area contributed by atoms with Crippen LogP contribution in [0.15, 0.2) is 47.8 Å². The first kappa shape index (κ1) is 28.8. The number of carbonyl (C=O) groups excluding carboxylic acids is 1. The molecule has 0 saturated carbocycles. The topological polar surface area (TPSA) is 91.4 Å². The number of nitrogens with zero attached hydrogens (tertiary/aromatic N) is 2. The minimum absolute atomic E-state index is 0.0799. The third-order valence-electron chi connectivity index (χ3n) is 6.49. The van der Waals surface area contributed by atoms with Gasteiger partial charge in [-0.3, -0.25) is 9.52 Å². The van der Waals surface area contributed by atoms with Crippen molar-refractivity contribution in [1.29, 1.82) is 0 Å². The molecule has 1 fully saturated rings. The highest BCUT2D eigenvalue weighted by Crippen LogP contribution is 2.34. The Balaban J connectivity index is 1.60. The number of halogens is 4. The number of rotatable bonds is 8. The van der Waals surface area contributed by atoms with Crippen LogP contribution >= 0.6 is 11.3 Å². The van der Waals surface area contributed by atoms with E-state index in [1.54, 1.807) is 17.5 Å². The fourth-order valence-corrected chi connectivity index (χ4v) is 5.86. The van der Waals surface area contributed by atoms with E-state index >= 15 is 0 Å². The van der Waals surface area contributed by atoms with Crippen molar-refractivity contribution in [2.75, 3.05) is 29.0 Å². The summed E-state index contributed by atoms with van der Waals surface area (Å²) in [6.07, 6.45) is -2.07. The number of amides is 1. The van der Waals surface area contributed by atoms with Crippen LogP contribution in [0.3, 0.4) is 0 Å². The van der Waals surface area contributed by atoms with Gasteiger partial charge in [-0.1, -0.05) is 25.1 Å². The van der Waals surface area contributed by atoms with Crippen molar-refractivity contribution >= 4 is 38.8 Å². The van der Waals surface area contributed by atoms with Crippen LogP contribution in [-0.2, 0) is 27.5 Å². The predicted molar refractivity (Wildman–Crippen MR) is 143 cm³/mol. The number of anilines is 2. The molecule has 4 rings (SSSR count). The molecule has 3 heterocycles. The van der Waals surface area contributed by atoms with E-state index in [9.17, 15) is 30.8 Å². The number of piperidine rings is 1. The molecule has 0 aliphatic carbocycles. The van der Waals surface area contributed by atoms with Gasteiger partial charge in [-0.25, -0.2) is 17.8 Å². The molecule has 7 nitrogen and oxygen atoms in total. The largest absolute Gasteiger partial charge is 0.433 e. The summed E-state index contributed by atoms with van der Waals surface area (Å²) in [6, 6.07) is 9.49. The van der Waals surface area contributed by atoms with E-state index in [2.05, 4.69) is 21.9 Å². The average molecular weight is 585 g/mol. The van der Waals surface area contributed by atoms with Crippen LogP contribution in [0.1, 0.15) is 47.4 Å². The number of alkyl halides is 3. The zero-order valence-corrected chi connectivity index (χ0v) is 22.9. The van der Waals surface area contributed by atoms with Gasteiger partial charge in [0.25, 0.3) is 0 Å². The van der Waals surface area contributed by atoms with Gasteiger partial charge in [0.15, 0.2) is 0 Å². The van der Waals surface area contributed by atoms with E-state index < -0.39 is 39.5 Å². The first-order valence-corrected chi connectivity index (χ1v) is 15.0. The third-order valence-corrected chi connectivity index (χ3v) is 8.02.